The van der Waals surface area contributed by atoms with E-state index in [9.17, 15) is 18.0 Å². The molecule has 1 unspecified atom stereocenters. The second kappa shape index (κ2) is 8.25. The molecule has 1 aromatic rings. The van der Waals surface area contributed by atoms with Crippen molar-refractivity contribution in [3.05, 3.63) is 34.3 Å². The molecular formula is C13H16BrNO6S. The molecule has 9 heteroatoms. The summed E-state index contributed by atoms with van der Waals surface area (Å²) in [6.45, 7) is -0.293. The van der Waals surface area contributed by atoms with Crippen LogP contribution in [0.2, 0.25) is 0 Å². The zero-order valence-electron chi connectivity index (χ0n) is 11.8. The van der Waals surface area contributed by atoms with Gasteiger partial charge in [-0.05, 0) is 17.7 Å². The summed E-state index contributed by atoms with van der Waals surface area (Å²) in [6, 6.07) is 6.71. The summed E-state index contributed by atoms with van der Waals surface area (Å²) in [5.74, 6) is -2.97. The highest BCUT2D eigenvalue weighted by atomic mass is 79.9. The third-order valence-electron chi connectivity index (χ3n) is 2.70. The molecule has 0 aliphatic rings. The van der Waals surface area contributed by atoms with E-state index in [2.05, 4.69) is 26.0 Å². The lowest BCUT2D eigenvalue weighted by Crippen LogP contribution is -2.40. The Balaban J connectivity index is 2.55. The van der Waals surface area contributed by atoms with Crippen LogP contribution in [0.25, 0.3) is 0 Å². The lowest BCUT2D eigenvalue weighted by atomic mass is 10.2. The third kappa shape index (κ3) is 6.54. The van der Waals surface area contributed by atoms with E-state index in [1.807, 2.05) is 0 Å². The molecular weight excluding hydrogens is 378 g/mol. The Hall–Kier alpha value is -1.45. The molecule has 0 aliphatic carbocycles. The second-order valence-corrected chi connectivity index (χ2v) is 7.51. The van der Waals surface area contributed by atoms with Gasteiger partial charge in [-0.3, -0.25) is 4.79 Å². The fraction of sp³-hybridized carbons (Fsp3) is 0.385. The number of sulfone groups is 1. The van der Waals surface area contributed by atoms with E-state index in [0.29, 0.717) is 5.56 Å². The highest BCUT2D eigenvalue weighted by Gasteiger charge is 2.21. The normalized spacial score (nSPS) is 12.6. The molecule has 0 spiro atoms. The fourth-order valence-electron chi connectivity index (χ4n) is 1.61. The van der Waals surface area contributed by atoms with E-state index in [1.165, 1.54) is 7.11 Å². The summed E-state index contributed by atoms with van der Waals surface area (Å²) in [4.78, 5) is 22.3. The van der Waals surface area contributed by atoms with Gasteiger partial charge in [0.05, 0.1) is 12.3 Å². The molecule has 0 radical (unpaired) electrons. The van der Waals surface area contributed by atoms with Crippen molar-refractivity contribution < 1.29 is 27.9 Å². The van der Waals surface area contributed by atoms with E-state index in [0.717, 1.165) is 4.47 Å². The minimum atomic E-state index is -3.64. The number of carboxylic acid groups (broad SMARTS) is 1. The van der Waals surface area contributed by atoms with Gasteiger partial charge in [-0.1, -0.05) is 28.1 Å². The van der Waals surface area contributed by atoms with Crippen LogP contribution in [0.4, 0.5) is 0 Å². The van der Waals surface area contributed by atoms with Gasteiger partial charge >= 0.3 is 5.97 Å². The molecule has 0 fully saturated rings. The predicted molar refractivity (Wildman–Crippen MR) is 83.1 cm³/mol. The average Bonchev–Trinajstić information content (AvgIpc) is 2.40. The van der Waals surface area contributed by atoms with Crippen molar-refractivity contribution in [2.75, 3.05) is 19.4 Å². The van der Waals surface area contributed by atoms with Gasteiger partial charge in [0.1, 0.15) is 5.75 Å². The van der Waals surface area contributed by atoms with E-state index in [1.54, 1.807) is 24.3 Å². The molecule has 122 valence electrons. The van der Waals surface area contributed by atoms with Gasteiger partial charge in [0.2, 0.25) is 5.91 Å². The van der Waals surface area contributed by atoms with Crippen LogP contribution in [-0.2, 0) is 29.9 Å². The highest BCUT2D eigenvalue weighted by molar-refractivity contribution is 9.10. The summed E-state index contributed by atoms with van der Waals surface area (Å²) in [5, 5.41) is 11.0. The van der Waals surface area contributed by atoms with Crippen molar-refractivity contribution in [3.63, 3.8) is 0 Å². The zero-order chi connectivity index (χ0) is 16.8. The van der Waals surface area contributed by atoms with Crippen LogP contribution < -0.4 is 5.32 Å². The molecule has 22 heavy (non-hydrogen) atoms. The number of carbonyl (C=O) groups excluding carboxylic acids is 1. The van der Waals surface area contributed by atoms with Crippen LogP contribution in [0, 0.1) is 0 Å². The first-order valence-corrected chi connectivity index (χ1v) is 8.82. The maximum atomic E-state index is 11.9. The molecule has 2 N–H and O–H groups in total. The van der Waals surface area contributed by atoms with E-state index >= 15 is 0 Å². The number of benzene rings is 1. The number of rotatable bonds is 8. The SMILES string of the molecule is COC(CNC(=O)CS(=O)(=O)Cc1ccc(Br)cc1)C(=O)O. The van der Waals surface area contributed by atoms with E-state index < -0.39 is 33.6 Å². The van der Waals surface area contributed by atoms with Crippen molar-refractivity contribution >= 4 is 37.6 Å². The molecule has 0 aliphatic heterocycles. The lowest BCUT2D eigenvalue weighted by Gasteiger charge is -2.11. The average molecular weight is 394 g/mol. The van der Waals surface area contributed by atoms with E-state index in [4.69, 9.17) is 5.11 Å². The van der Waals surface area contributed by atoms with Gasteiger partial charge in [0.25, 0.3) is 0 Å². The van der Waals surface area contributed by atoms with Crippen molar-refractivity contribution in [1.82, 2.24) is 5.32 Å². The van der Waals surface area contributed by atoms with Crippen LogP contribution in [0.1, 0.15) is 5.56 Å². The summed E-state index contributed by atoms with van der Waals surface area (Å²) in [6.07, 6.45) is -1.21. The van der Waals surface area contributed by atoms with Gasteiger partial charge in [-0.2, -0.15) is 0 Å². The molecule has 0 saturated heterocycles. The van der Waals surface area contributed by atoms with Crippen molar-refractivity contribution in [1.29, 1.82) is 0 Å². The first-order valence-electron chi connectivity index (χ1n) is 6.20. The minimum absolute atomic E-state index is 0.264. The molecule has 7 nitrogen and oxygen atoms in total. The first kappa shape index (κ1) is 18.6. The molecule has 1 rings (SSSR count). The predicted octanol–water partition coefficient (Wildman–Crippen LogP) is 0.580. The number of amides is 1. The topological polar surface area (TPSA) is 110 Å². The standard InChI is InChI=1S/C13H16BrNO6S/c1-21-11(13(17)18)6-15-12(16)8-22(19,20)7-9-2-4-10(14)5-3-9/h2-5,11H,6-8H2,1H3,(H,15,16)(H,17,18). The molecule has 1 aromatic carbocycles. The number of halogens is 1. The zero-order valence-corrected chi connectivity index (χ0v) is 14.2. The molecule has 1 amide bonds. The molecule has 0 bridgehead atoms. The largest absolute Gasteiger partial charge is 0.479 e. The number of methoxy groups -OCH3 is 1. The number of hydrogen-bond donors (Lipinski definition) is 2. The quantitative estimate of drug-likeness (QED) is 0.668. The smallest absolute Gasteiger partial charge is 0.334 e. The summed E-state index contributed by atoms with van der Waals surface area (Å²) >= 11 is 3.24. The van der Waals surface area contributed by atoms with Crippen LogP contribution in [-0.4, -0.2) is 50.9 Å². The first-order chi connectivity index (χ1) is 10.2. The Morgan fingerprint density at radius 3 is 2.41 bits per heavy atom. The maximum Gasteiger partial charge on any atom is 0.334 e. The fourth-order valence-corrected chi connectivity index (χ4v) is 3.18. The number of carboxylic acids is 1. The van der Waals surface area contributed by atoms with Crippen molar-refractivity contribution in [2.24, 2.45) is 0 Å². The number of hydrogen-bond acceptors (Lipinski definition) is 5. The number of carbonyl (C=O) groups is 2. The van der Waals surface area contributed by atoms with Gasteiger partial charge in [-0.15, -0.1) is 0 Å². The summed E-state index contributed by atoms with van der Waals surface area (Å²) in [5.41, 5.74) is 0.566. The summed E-state index contributed by atoms with van der Waals surface area (Å²) < 4.78 is 29.3. The third-order valence-corrected chi connectivity index (χ3v) is 4.70. The number of ether oxygens (including phenoxy) is 1. The Kier molecular flexibility index (Phi) is 6.98. The Bertz CT molecular complexity index is 628. The van der Waals surface area contributed by atoms with Crippen LogP contribution >= 0.6 is 15.9 Å². The number of aliphatic carboxylic acids is 1. The number of nitrogens with one attached hydrogen (secondary N) is 1. The Labute approximate surface area is 136 Å². The van der Waals surface area contributed by atoms with Crippen molar-refractivity contribution in [2.45, 2.75) is 11.9 Å². The van der Waals surface area contributed by atoms with E-state index in [-0.39, 0.29) is 12.3 Å². The molecule has 0 aromatic heterocycles. The van der Waals surface area contributed by atoms with Gasteiger partial charge in [0, 0.05) is 11.6 Å². The molecule has 1 atom stereocenters. The van der Waals surface area contributed by atoms with Gasteiger partial charge in [-0.25, -0.2) is 13.2 Å². The lowest BCUT2D eigenvalue weighted by molar-refractivity contribution is -0.148. The van der Waals surface area contributed by atoms with Crippen LogP contribution in [0.5, 0.6) is 0 Å². The van der Waals surface area contributed by atoms with Crippen LogP contribution in [0.3, 0.4) is 0 Å². The monoisotopic (exact) mass is 393 g/mol. The van der Waals surface area contributed by atoms with Gasteiger partial charge < -0.3 is 15.2 Å². The van der Waals surface area contributed by atoms with Crippen molar-refractivity contribution in [3.8, 4) is 0 Å². The Morgan fingerprint density at radius 2 is 1.91 bits per heavy atom. The van der Waals surface area contributed by atoms with Gasteiger partial charge in [0.15, 0.2) is 15.9 Å². The molecule has 0 saturated carbocycles. The Morgan fingerprint density at radius 1 is 1.32 bits per heavy atom. The van der Waals surface area contributed by atoms with Crippen LogP contribution in [0.15, 0.2) is 28.7 Å². The highest BCUT2D eigenvalue weighted by Crippen LogP contribution is 2.13. The second-order valence-electron chi connectivity index (χ2n) is 4.53. The summed E-state index contributed by atoms with van der Waals surface area (Å²) in [7, 11) is -2.45. The maximum absolute atomic E-state index is 11.9. The minimum Gasteiger partial charge on any atom is -0.479 e. The molecule has 0 heterocycles.